The standard InChI is InChI=1S/C26H28Cl2F3N3O4S/c1-25(2,3)38-24(37)33-19-14-39-21-12-18(28)17(22(35)32-10-4-9-26(29,30)31)11-20(21)34(23(19)36)13-15-5-7-16(27)8-6-15/h5-8,11-12,19H,4,9-10,13-14H2,1-3H3,(H,32,35)(H,33,37)/t19-/m0/s1. The van der Waals surface area contributed by atoms with Gasteiger partial charge in [0.15, 0.2) is 0 Å². The third kappa shape index (κ3) is 9.22. The van der Waals surface area contributed by atoms with E-state index in [4.69, 9.17) is 27.9 Å². The van der Waals surface area contributed by atoms with Gasteiger partial charge in [0.2, 0.25) is 0 Å². The number of carbonyl (C=O) groups is 3. The van der Waals surface area contributed by atoms with Crippen molar-refractivity contribution in [1.82, 2.24) is 10.6 Å². The molecule has 0 unspecified atom stereocenters. The van der Waals surface area contributed by atoms with Gasteiger partial charge in [0.05, 0.1) is 22.8 Å². The van der Waals surface area contributed by atoms with E-state index in [9.17, 15) is 27.6 Å². The smallest absolute Gasteiger partial charge is 0.408 e. The first kappa shape index (κ1) is 30.9. The van der Waals surface area contributed by atoms with E-state index in [1.807, 2.05) is 0 Å². The van der Waals surface area contributed by atoms with E-state index in [1.165, 1.54) is 28.8 Å². The number of hydrogen-bond donors (Lipinski definition) is 2. The number of nitrogens with one attached hydrogen (secondary N) is 2. The van der Waals surface area contributed by atoms with Crippen molar-refractivity contribution in [3.8, 4) is 0 Å². The van der Waals surface area contributed by atoms with Crippen molar-refractivity contribution in [2.24, 2.45) is 0 Å². The predicted molar refractivity (Wildman–Crippen MR) is 146 cm³/mol. The first-order chi connectivity index (χ1) is 18.1. The Morgan fingerprint density at radius 1 is 1.13 bits per heavy atom. The fourth-order valence-electron chi connectivity index (χ4n) is 3.67. The average Bonchev–Trinajstić information content (AvgIpc) is 2.93. The second-order valence-electron chi connectivity index (χ2n) is 9.84. The molecule has 1 aliphatic heterocycles. The lowest BCUT2D eigenvalue weighted by atomic mass is 10.1. The van der Waals surface area contributed by atoms with Crippen LogP contribution in [0, 0.1) is 0 Å². The van der Waals surface area contributed by atoms with Gasteiger partial charge in [-0.25, -0.2) is 4.79 Å². The number of halogens is 5. The summed E-state index contributed by atoms with van der Waals surface area (Å²) in [6.45, 7) is 5.00. The van der Waals surface area contributed by atoms with Crippen molar-refractivity contribution in [2.45, 2.75) is 62.9 Å². The van der Waals surface area contributed by atoms with E-state index in [0.29, 0.717) is 15.6 Å². The van der Waals surface area contributed by atoms with Gasteiger partial charge in [0.25, 0.3) is 11.8 Å². The fraction of sp³-hybridized carbons (Fsp3) is 0.423. The minimum Gasteiger partial charge on any atom is -0.444 e. The van der Waals surface area contributed by atoms with Gasteiger partial charge >= 0.3 is 12.3 Å². The van der Waals surface area contributed by atoms with Crippen LogP contribution in [0.2, 0.25) is 10.0 Å². The lowest BCUT2D eigenvalue weighted by Crippen LogP contribution is -2.50. The van der Waals surface area contributed by atoms with Crippen LogP contribution in [-0.2, 0) is 16.1 Å². The minimum atomic E-state index is -4.32. The predicted octanol–water partition coefficient (Wildman–Crippen LogP) is 6.60. The summed E-state index contributed by atoms with van der Waals surface area (Å²) in [4.78, 5) is 41.0. The summed E-state index contributed by atoms with van der Waals surface area (Å²) < 4.78 is 42.7. The molecule has 1 heterocycles. The Labute approximate surface area is 238 Å². The maximum atomic E-state index is 13.7. The van der Waals surface area contributed by atoms with Crippen LogP contribution in [0.15, 0.2) is 41.3 Å². The molecule has 0 saturated heterocycles. The fourth-order valence-corrected chi connectivity index (χ4v) is 5.20. The van der Waals surface area contributed by atoms with Gasteiger partial charge in [0, 0.05) is 28.6 Å². The largest absolute Gasteiger partial charge is 0.444 e. The van der Waals surface area contributed by atoms with Crippen LogP contribution in [0.5, 0.6) is 0 Å². The third-order valence-corrected chi connectivity index (χ3v) is 7.12. The molecular weight excluding hydrogens is 578 g/mol. The number of nitrogens with zero attached hydrogens (tertiary/aromatic N) is 1. The highest BCUT2D eigenvalue weighted by Gasteiger charge is 2.34. The highest BCUT2D eigenvalue weighted by molar-refractivity contribution is 7.99. The summed E-state index contributed by atoms with van der Waals surface area (Å²) in [7, 11) is 0. The molecule has 3 amide bonds. The Balaban J connectivity index is 1.91. The molecule has 0 saturated carbocycles. The first-order valence-corrected chi connectivity index (χ1v) is 13.7. The molecule has 2 aromatic carbocycles. The van der Waals surface area contributed by atoms with Crippen molar-refractivity contribution in [2.75, 3.05) is 17.2 Å². The van der Waals surface area contributed by atoms with Crippen molar-refractivity contribution in [1.29, 1.82) is 0 Å². The van der Waals surface area contributed by atoms with Gasteiger partial charge in [-0.05, 0) is 57.0 Å². The number of thioether (sulfide) groups is 1. The van der Waals surface area contributed by atoms with E-state index in [2.05, 4.69) is 10.6 Å². The molecule has 39 heavy (non-hydrogen) atoms. The van der Waals surface area contributed by atoms with Gasteiger partial charge in [-0.2, -0.15) is 13.2 Å². The zero-order chi connectivity index (χ0) is 29.0. The molecule has 13 heteroatoms. The summed E-state index contributed by atoms with van der Waals surface area (Å²) >= 11 is 13.7. The maximum absolute atomic E-state index is 13.7. The average molecular weight is 606 g/mol. The van der Waals surface area contributed by atoms with E-state index >= 15 is 0 Å². The Hall–Kier alpha value is -2.63. The maximum Gasteiger partial charge on any atom is 0.408 e. The molecule has 0 aliphatic carbocycles. The molecule has 1 atom stereocenters. The molecule has 0 aromatic heterocycles. The SMILES string of the molecule is CC(C)(C)OC(=O)N[C@H]1CSc2cc(Cl)c(C(=O)NCCCC(F)(F)F)cc2N(Cc2ccc(Cl)cc2)C1=O. The zero-order valence-electron chi connectivity index (χ0n) is 21.5. The van der Waals surface area contributed by atoms with Crippen molar-refractivity contribution in [3.05, 3.63) is 57.6 Å². The molecule has 0 spiro atoms. The number of rotatable bonds is 7. The molecule has 2 aromatic rings. The molecule has 0 radical (unpaired) electrons. The quantitative estimate of drug-likeness (QED) is 0.347. The van der Waals surface area contributed by atoms with Crippen LogP contribution in [0.25, 0.3) is 0 Å². The molecule has 212 valence electrons. The van der Waals surface area contributed by atoms with Crippen molar-refractivity contribution in [3.63, 3.8) is 0 Å². The number of amides is 3. The van der Waals surface area contributed by atoms with Crippen molar-refractivity contribution < 1.29 is 32.3 Å². The Bertz CT molecular complexity index is 1220. The molecule has 0 fully saturated rings. The lowest BCUT2D eigenvalue weighted by molar-refractivity contribution is -0.135. The van der Waals surface area contributed by atoms with Crippen LogP contribution in [0.4, 0.5) is 23.7 Å². The second kappa shape index (κ2) is 12.7. The molecular formula is C26H28Cl2F3N3O4S. The Morgan fingerprint density at radius 3 is 2.41 bits per heavy atom. The summed E-state index contributed by atoms with van der Waals surface area (Å²) in [5, 5.41) is 5.66. The molecule has 1 aliphatic rings. The number of benzene rings is 2. The molecule has 7 nitrogen and oxygen atoms in total. The van der Waals surface area contributed by atoms with Crippen LogP contribution in [-0.4, -0.2) is 48.0 Å². The number of alkyl halides is 3. The second-order valence-corrected chi connectivity index (χ2v) is 11.7. The number of carbonyl (C=O) groups excluding carboxylic acids is 3. The summed E-state index contributed by atoms with van der Waals surface area (Å²) in [6, 6.07) is 8.85. The monoisotopic (exact) mass is 605 g/mol. The van der Waals surface area contributed by atoms with Gasteiger partial charge in [-0.1, -0.05) is 35.3 Å². The van der Waals surface area contributed by atoms with Gasteiger partial charge < -0.3 is 20.3 Å². The van der Waals surface area contributed by atoms with E-state index in [0.717, 1.165) is 5.56 Å². The molecule has 0 bridgehead atoms. The lowest BCUT2D eigenvalue weighted by Gasteiger charge is -2.27. The van der Waals surface area contributed by atoms with Gasteiger partial charge in [-0.15, -0.1) is 11.8 Å². The summed E-state index contributed by atoms with van der Waals surface area (Å²) in [5.74, 6) is -0.941. The van der Waals surface area contributed by atoms with Crippen LogP contribution in [0.1, 0.15) is 49.5 Å². The van der Waals surface area contributed by atoms with Crippen LogP contribution in [0.3, 0.4) is 0 Å². The van der Waals surface area contributed by atoms with Crippen LogP contribution >= 0.6 is 35.0 Å². The topological polar surface area (TPSA) is 87.7 Å². The minimum absolute atomic E-state index is 0.00971. The van der Waals surface area contributed by atoms with E-state index < -0.39 is 42.1 Å². The number of fused-ring (bicyclic) bond motifs is 1. The number of ether oxygens (including phenoxy) is 1. The first-order valence-electron chi connectivity index (χ1n) is 12.0. The Kier molecular flexibility index (Phi) is 10.1. The van der Waals surface area contributed by atoms with Crippen LogP contribution < -0.4 is 15.5 Å². The van der Waals surface area contributed by atoms with Crippen molar-refractivity contribution >= 4 is 58.6 Å². The van der Waals surface area contributed by atoms with Gasteiger partial charge in [0.1, 0.15) is 11.6 Å². The Morgan fingerprint density at radius 2 is 1.79 bits per heavy atom. The molecule has 3 rings (SSSR count). The number of alkyl carbamates (subject to hydrolysis) is 1. The number of hydrogen-bond acceptors (Lipinski definition) is 5. The molecule has 2 N–H and O–H groups in total. The summed E-state index contributed by atoms with van der Waals surface area (Å²) in [5.41, 5.74) is 0.343. The van der Waals surface area contributed by atoms with E-state index in [-0.39, 0.29) is 35.8 Å². The number of anilines is 1. The van der Waals surface area contributed by atoms with E-state index in [1.54, 1.807) is 45.0 Å². The normalized spacial score (nSPS) is 15.8. The highest BCUT2D eigenvalue weighted by Crippen LogP contribution is 2.39. The highest BCUT2D eigenvalue weighted by atomic mass is 35.5. The summed E-state index contributed by atoms with van der Waals surface area (Å²) in [6.07, 6.45) is -6.39. The van der Waals surface area contributed by atoms with Gasteiger partial charge in [-0.3, -0.25) is 9.59 Å². The third-order valence-electron chi connectivity index (χ3n) is 5.42. The zero-order valence-corrected chi connectivity index (χ0v) is 23.8.